The number of nitrogens with two attached hydrogens (primary N) is 2. The number of likely N-dealkylation sites (tertiary alicyclic amines) is 1. The molecule has 0 unspecified atom stereocenters. The molecule has 3 aromatic rings. The number of aromatic nitrogens is 1. The molecule has 2 aromatic carbocycles. The molecule has 0 saturated carbocycles. The van der Waals surface area contributed by atoms with Gasteiger partial charge >= 0.3 is 0 Å². The molecule has 11 heteroatoms. The number of piperidine rings is 1. The largest absolute Gasteiger partial charge is 0.496 e. The second kappa shape index (κ2) is 8.67. The van der Waals surface area contributed by atoms with Crippen LogP contribution < -0.4 is 31.1 Å². The van der Waals surface area contributed by atoms with Crippen molar-refractivity contribution in [1.82, 2.24) is 14.8 Å². The summed E-state index contributed by atoms with van der Waals surface area (Å²) in [5.74, 6) is 6.77. The molecule has 3 heterocycles. The lowest BCUT2D eigenvalue weighted by Crippen LogP contribution is -2.61. The van der Waals surface area contributed by atoms with Gasteiger partial charge in [0.2, 0.25) is 0 Å². The molecule has 1 aromatic heterocycles. The minimum Gasteiger partial charge on any atom is -0.496 e. The van der Waals surface area contributed by atoms with E-state index in [4.69, 9.17) is 25.8 Å². The first-order valence-corrected chi connectivity index (χ1v) is 11.5. The van der Waals surface area contributed by atoms with Gasteiger partial charge in [-0.1, -0.05) is 0 Å². The molecule has 5 rings (SSSR count). The van der Waals surface area contributed by atoms with Crippen LogP contribution in [-0.2, 0) is 7.05 Å². The summed E-state index contributed by atoms with van der Waals surface area (Å²) in [6.07, 6.45) is 0.878. The number of nitrogens with zero attached hydrogens (tertiary/aromatic N) is 3. The van der Waals surface area contributed by atoms with E-state index in [0.29, 0.717) is 60.0 Å². The standard InChI is InChI=1S/C25H28N6O5/c1-30-17(13-15-18(34-2)6-7-20(35-3)21(15)30)24(33)31-10-8-25(9-11-31)28-23(32)16-12-14(22(26)29-27)4-5-19(16)36-25/h4-7,12-13H,8-11,27H2,1-3H3,(H2,26,29)(H,28,32). The van der Waals surface area contributed by atoms with E-state index in [1.54, 1.807) is 37.3 Å². The van der Waals surface area contributed by atoms with Gasteiger partial charge in [0.25, 0.3) is 11.8 Å². The van der Waals surface area contributed by atoms with E-state index in [1.807, 2.05) is 29.8 Å². The summed E-state index contributed by atoms with van der Waals surface area (Å²) in [6.45, 7) is 0.824. The van der Waals surface area contributed by atoms with Crippen LogP contribution in [0.2, 0.25) is 0 Å². The molecule has 1 saturated heterocycles. The molecule has 1 spiro atoms. The minimum absolute atomic E-state index is 0.114. The Morgan fingerprint density at radius 2 is 1.81 bits per heavy atom. The van der Waals surface area contributed by atoms with Crippen molar-refractivity contribution in [2.75, 3.05) is 27.3 Å². The summed E-state index contributed by atoms with van der Waals surface area (Å²) >= 11 is 0. The quantitative estimate of drug-likeness (QED) is 0.217. The normalized spacial score (nSPS) is 16.9. The maximum atomic E-state index is 13.5. The molecular formula is C25H28N6O5. The van der Waals surface area contributed by atoms with Crippen LogP contribution in [0.3, 0.4) is 0 Å². The van der Waals surface area contributed by atoms with Gasteiger partial charge in [0, 0.05) is 43.9 Å². The smallest absolute Gasteiger partial charge is 0.270 e. The van der Waals surface area contributed by atoms with Crippen LogP contribution in [0.25, 0.3) is 10.9 Å². The molecule has 2 aliphatic heterocycles. The molecule has 5 N–H and O–H groups in total. The first-order valence-electron chi connectivity index (χ1n) is 11.5. The highest BCUT2D eigenvalue weighted by atomic mass is 16.5. The molecule has 1 fully saturated rings. The molecule has 36 heavy (non-hydrogen) atoms. The average Bonchev–Trinajstić information content (AvgIpc) is 3.25. The number of ether oxygens (including phenoxy) is 3. The number of nitrogens with one attached hydrogen (secondary N) is 1. The molecule has 0 atom stereocenters. The molecular weight excluding hydrogens is 464 g/mol. The Morgan fingerprint density at radius 1 is 1.11 bits per heavy atom. The van der Waals surface area contributed by atoms with Crippen LogP contribution in [-0.4, -0.2) is 60.2 Å². The molecule has 2 amide bonds. The van der Waals surface area contributed by atoms with Crippen LogP contribution in [0.15, 0.2) is 41.5 Å². The van der Waals surface area contributed by atoms with Crippen LogP contribution in [0, 0.1) is 0 Å². The SMILES string of the molecule is COc1ccc(OC)c2c1cc(C(=O)N1CCC3(CC1)NC(=O)c1cc(/C(N)=N/N)ccc1O3)n2C. The van der Waals surface area contributed by atoms with Crippen molar-refractivity contribution >= 4 is 28.6 Å². The third-order valence-electron chi connectivity index (χ3n) is 6.94. The van der Waals surface area contributed by atoms with Crippen molar-refractivity contribution < 1.29 is 23.8 Å². The van der Waals surface area contributed by atoms with Gasteiger partial charge in [0.1, 0.15) is 28.8 Å². The fourth-order valence-corrected chi connectivity index (χ4v) is 4.96. The Bertz CT molecular complexity index is 1400. The Balaban J connectivity index is 1.36. The highest BCUT2D eigenvalue weighted by Crippen LogP contribution is 2.37. The lowest BCUT2D eigenvalue weighted by atomic mass is 9.96. The fourth-order valence-electron chi connectivity index (χ4n) is 4.96. The van der Waals surface area contributed by atoms with Crippen LogP contribution >= 0.6 is 0 Å². The number of carbonyl (C=O) groups excluding carboxylic acids is 2. The number of amidine groups is 1. The second-order valence-electron chi connectivity index (χ2n) is 8.89. The van der Waals surface area contributed by atoms with E-state index in [-0.39, 0.29) is 17.6 Å². The number of aryl methyl sites for hydroxylation is 1. The van der Waals surface area contributed by atoms with E-state index in [0.717, 1.165) is 10.9 Å². The maximum absolute atomic E-state index is 13.5. The van der Waals surface area contributed by atoms with Crippen molar-refractivity contribution in [1.29, 1.82) is 0 Å². The number of hydrazone groups is 1. The summed E-state index contributed by atoms with van der Waals surface area (Å²) in [5.41, 5.74) is 7.09. The topological polar surface area (TPSA) is 146 Å². The average molecular weight is 493 g/mol. The van der Waals surface area contributed by atoms with Gasteiger partial charge in [-0.2, -0.15) is 5.10 Å². The highest BCUT2D eigenvalue weighted by molar-refractivity contribution is 6.04. The van der Waals surface area contributed by atoms with Gasteiger partial charge in [-0.05, 0) is 36.4 Å². The number of amides is 2. The van der Waals surface area contributed by atoms with Gasteiger partial charge < -0.3 is 40.6 Å². The van der Waals surface area contributed by atoms with E-state index in [9.17, 15) is 9.59 Å². The molecule has 0 radical (unpaired) electrons. The monoisotopic (exact) mass is 492 g/mol. The molecule has 2 aliphatic rings. The zero-order valence-electron chi connectivity index (χ0n) is 20.3. The lowest BCUT2D eigenvalue weighted by Gasteiger charge is -2.44. The predicted octanol–water partition coefficient (Wildman–Crippen LogP) is 1.53. The van der Waals surface area contributed by atoms with Gasteiger partial charge in [-0.25, -0.2) is 0 Å². The van der Waals surface area contributed by atoms with Crippen LogP contribution in [0.4, 0.5) is 0 Å². The zero-order chi connectivity index (χ0) is 25.6. The van der Waals surface area contributed by atoms with Gasteiger partial charge in [-0.15, -0.1) is 0 Å². The van der Waals surface area contributed by atoms with E-state index in [2.05, 4.69) is 10.4 Å². The van der Waals surface area contributed by atoms with Crippen molar-refractivity contribution in [3.05, 3.63) is 53.2 Å². The second-order valence-corrected chi connectivity index (χ2v) is 8.89. The van der Waals surface area contributed by atoms with E-state index < -0.39 is 5.72 Å². The Labute approximate surface area is 207 Å². The van der Waals surface area contributed by atoms with Crippen molar-refractivity contribution in [2.24, 2.45) is 23.7 Å². The minimum atomic E-state index is -0.888. The number of methoxy groups -OCH3 is 2. The Hall–Kier alpha value is -4.41. The number of carbonyl (C=O) groups is 2. The molecule has 0 aliphatic carbocycles. The third-order valence-corrected chi connectivity index (χ3v) is 6.94. The van der Waals surface area contributed by atoms with Crippen molar-refractivity contribution in [3.63, 3.8) is 0 Å². The summed E-state index contributed by atoms with van der Waals surface area (Å²) < 4.78 is 19.1. The summed E-state index contributed by atoms with van der Waals surface area (Å²) in [6, 6.07) is 10.5. The fraction of sp³-hybridized carbons (Fsp3) is 0.320. The van der Waals surface area contributed by atoms with Crippen LogP contribution in [0.1, 0.15) is 39.3 Å². The molecule has 11 nitrogen and oxygen atoms in total. The maximum Gasteiger partial charge on any atom is 0.270 e. The van der Waals surface area contributed by atoms with Gasteiger partial charge in [0.05, 0.1) is 25.3 Å². The number of benzene rings is 2. The van der Waals surface area contributed by atoms with Crippen LogP contribution in [0.5, 0.6) is 17.2 Å². The lowest BCUT2D eigenvalue weighted by molar-refractivity contribution is -0.0247. The van der Waals surface area contributed by atoms with Crippen molar-refractivity contribution in [2.45, 2.75) is 18.6 Å². The third kappa shape index (κ3) is 3.63. The summed E-state index contributed by atoms with van der Waals surface area (Å²) in [4.78, 5) is 28.2. The number of hydrogen-bond acceptors (Lipinski definition) is 7. The predicted molar refractivity (Wildman–Crippen MR) is 133 cm³/mol. The van der Waals surface area contributed by atoms with Gasteiger partial charge in [-0.3, -0.25) is 9.59 Å². The van der Waals surface area contributed by atoms with E-state index >= 15 is 0 Å². The Morgan fingerprint density at radius 3 is 2.47 bits per heavy atom. The van der Waals surface area contributed by atoms with E-state index in [1.165, 1.54) is 0 Å². The van der Waals surface area contributed by atoms with Gasteiger partial charge in [0.15, 0.2) is 5.72 Å². The highest BCUT2D eigenvalue weighted by Gasteiger charge is 2.43. The summed E-state index contributed by atoms with van der Waals surface area (Å²) in [7, 11) is 5.02. The molecule has 0 bridgehead atoms. The summed E-state index contributed by atoms with van der Waals surface area (Å²) in [5, 5.41) is 7.26. The first-order chi connectivity index (χ1) is 17.3. The number of hydrogen-bond donors (Lipinski definition) is 3. The number of rotatable bonds is 4. The number of fused-ring (bicyclic) bond motifs is 2. The molecule has 188 valence electrons. The zero-order valence-corrected chi connectivity index (χ0v) is 20.3. The van der Waals surface area contributed by atoms with Crippen molar-refractivity contribution in [3.8, 4) is 17.2 Å². The Kier molecular flexibility index (Phi) is 5.62. The first kappa shape index (κ1) is 23.3.